The highest BCUT2D eigenvalue weighted by Crippen LogP contribution is 2.76. The van der Waals surface area contributed by atoms with E-state index >= 15 is 0 Å². The molecule has 0 aliphatic heterocycles. The predicted molar refractivity (Wildman–Crippen MR) is 200 cm³/mol. The highest BCUT2D eigenvalue weighted by Gasteiger charge is 2.69. The average Bonchev–Trinajstić information content (AvgIpc) is 3.66. The van der Waals surface area contributed by atoms with E-state index in [2.05, 4.69) is 56.6 Å². The van der Waals surface area contributed by atoms with Gasteiger partial charge < -0.3 is 25.8 Å². The van der Waals surface area contributed by atoms with E-state index < -0.39 is 23.2 Å². The molecule has 8 nitrogen and oxygen atoms in total. The summed E-state index contributed by atoms with van der Waals surface area (Å²) in [6, 6.07) is 7.42. The van der Waals surface area contributed by atoms with Crippen molar-refractivity contribution < 1.29 is 24.2 Å². The van der Waals surface area contributed by atoms with E-state index in [1.807, 2.05) is 32.9 Å². The highest BCUT2D eigenvalue weighted by molar-refractivity contribution is 5.88. The molecule has 1 aromatic rings. The van der Waals surface area contributed by atoms with Gasteiger partial charge in [0, 0.05) is 12.1 Å². The van der Waals surface area contributed by atoms with Crippen molar-refractivity contribution in [2.24, 2.45) is 45.3 Å². The number of carboxylic acids is 1. The van der Waals surface area contributed by atoms with Crippen molar-refractivity contribution in [3.8, 4) is 0 Å². The Hall–Kier alpha value is -3.03. The summed E-state index contributed by atoms with van der Waals surface area (Å²) in [7, 11) is 0. The number of carboxylic acid groups (broad SMARTS) is 1. The number of hydrogen-bond donors (Lipinski definition) is 4. The van der Waals surface area contributed by atoms with Gasteiger partial charge in [-0.2, -0.15) is 0 Å². The van der Waals surface area contributed by atoms with Crippen LogP contribution in [0.15, 0.2) is 30.3 Å². The summed E-state index contributed by atoms with van der Waals surface area (Å²) < 4.78 is 5.48. The lowest BCUT2D eigenvalue weighted by Gasteiger charge is -2.72. The van der Waals surface area contributed by atoms with Gasteiger partial charge in [0.2, 0.25) is 0 Å². The molecule has 7 rings (SSSR count). The molecule has 0 bridgehead atoms. The number of rotatable bonds is 6. The van der Waals surface area contributed by atoms with Gasteiger partial charge in [0.05, 0.1) is 11.1 Å². The second kappa shape index (κ2) is 12.0. The molecular formula is C43H63N3O5. The number of benzene rings is 1. The smallest absolute Gasteiger partial charge is 0.408 e. The molecule has 0 heterocycles. The average molecular weight is 702 g/mol. The normalized spacial score (nSPS) is 38.8. The van der Waals surface area contributed by atoms with Crippen LogP contribution < -0.4 is 16.0 Å². The Kier molecular flexibility index (Phi) is 8.54. The molecule has 8 atom stereocenters. The zero-order valence-corrected chi connectivity index (χ0v) is 32.5. The van der Waals surface area contributed by atoms with Crippen LogP contribution in [-0.2, 0) is 4.74 Å². The van der Waals surface area contributed by atoms with Crippen LogP contribution in [0, 0.1) is 45.3 Å². The third-order valence-corrected chi connectivity index (χ3v) is 16.0. The monoisotopic (exact) mass is 701 g/mol. The first kappa shape index (κ1) is 36.3. The van der Waals surface area contributed by atoms with E-state index in [4.69, 9.17) is 4.74 Å². The van der Waals surface area contributed by atoms with Crippen LogP contribution in [0.5, 0.6) is 0 Å². The number of aromatic carboxylic acids is 1. The van der Waals surface area contributed by atoms with Gasteiger partial charge >= 0.3 is 18.1 Å². The first-order valence-corrected chi connectivity index (χ1v) is 19.9. The molecule has 0 radical (unpaired) electrons. The van der Waals surface area contributed by atoms with Crippen LogP contribution in [0.25, 0.3) is 5.57 Å². The largest absolute Gasteiger partial charge is 0.478 e. The lowest BCUT2D eigenvalue weighted by atomic mass is 9.33. The summed E-state index contributed by atoms with van der Waals surface area (Å²) in [5.74, 6) is 1.39. The van der Waals surface area contributed by atoms with E-state index in [1.54, 1.807) is 12.1 Å². The predicted octanol–water partition coefficient (Wildman–Crippen LogP) is 9.34. The second-order valence-corrected chi connectivity index (χ2v) is 20.0. The first-order valence-electron chi connectivity index (χ1n) is 19.9. The summed E-state index contributed by atoms with van der Waals surface area (Å²) in [6.07, 6.45) is 15.3. The molecule has 6 aliphatic carbocycles. The summed E-state index contributed by atoms with van der Waals surface area (Å²) in [5.41, 5.74) is 2.38. The van der Waals surface area contributed by atoms with Gasteiger partial charge in [0.25, 0.3) is 0 Å². The van der Waals surface area contributed by atoms with Crippen molar-refractivity contribution in [2.75, 3.05) is 6.54 Å². The van der Waals surface area contributed by atoms with E-state index in [-0.39, 0.29) is 33.2 Å². The molecule has 3 amide bonds. The minimum Gasteiger partial charge on any atom is -0.478 e. The Labute approximate surface area is 305 Å². The number of carbonyl (C=O) groups is 3. The van der Waals surface area contributed by atoms with Gasteiger partial charge in [-0.15, -0.1) is 0 Å². The third kappa shape index (κ3) is 5.89. The van der Waals surface area contributed by atoms with Gasteiger partial charge in [-0.3, -0.25) is 0 Å². The van der Waals surface area contributed by atoms with Crippen LogP contribution in [0.1, 0.15) is 148 Å². The maximum absolute atomic E-state index is 13.6. The summed E-state index contributed by atoms with van der Waals surface area (Å²) in [4.78, 5) is 37.6. The topological polar surface area (TPSA) is 117 Å². The number of amides is 3. The fraction of sp³-hybridized carbons (Fsp3) is 0.744. The van der Waals surface area contributed by atoms with Crippen molar-refractivity contribution in [3.63, 3.8) is 0 Å². The van der Waals surface area contributed by atoms with Crippen LogP contribution >= 0.6 is 0 Å². The summed E-state index contributed by atoms with van der Waals surface area (Å²) in [5, 5.41) is 19.2. The van der Waals surface area contributed by atoms with Crippen molar-refractivity contribution in [2.45, 2.75) is 149 Å². The number of carbonyl (C=O) groups excluding carboxylic acids is 2. The van der Waals surface area contributed by atoms with E-state index in [1.165, 1.54) is 37.7 Å². The quantitative estimate of drug-likeness (QED) is 0.236. The van der Waals surface area contributed by atoms with Gasteiger partial charge in [0.1, 0.15) is 5.60 Å². The minimum atomic E-state index is -0.880. The summed E-state index contributed by atoms with van der Waals surface area (Å²) >= 11 is 0. The molecule has 0 spiro atoms. The molecule has 5 fully saturated rings. The zero-order valence-electron chi connectivity index (χ0n) is 32.5. The third-order valence-electron chi connectivity index (χ3n) is 16.0. The van der Waals surface area contributed by atoms with Gasteiger partial charge in [0.15, 0.2) is 0 Å². The Bertz CT molecular complexity index is 1610. The maximum Gasteiger partial charge on any atom is 0.408 e. The number of nitrogens with one attached hydrogen (secondary N) is 3. The molecule has 51 heavy (non-hydrogen) atoms. The molecule has 6 aliphatic rings. The number of urea groups is 1. The number of fused-ring (bicyclic) bond motifs is 7. The molecule has 7 unspecified atom stereocenters. The number of allylic oxidation sites excluding steroid dienone is 2. The Balaban J connectivity index is 1.06. The van der Waals surface area contributed by atoms with Crippen LogP contribution in [0.3, 0.4) is 0 Å². The van der Waals surface area contributed by atoms with Gasteiger partial charge in [-0.05, 0) is 160 Å². The molecule has 8 heteroatoms. The molecule has 0 aromatic heterocycles. The molecular weight excluding hydrogens is 638 g/mol. The minimum absolute atomic E-state index is 0.0112. The fourth-order valence-corrected chi connectivity index (χ4v) is 13.2. The SMILES string of the molecule is CC(C)(C)OC(=O)NC1(CNC(=O)NC23CCCC2C2CCC4C5(C)CC=C(c6ccc(C(=O)O)cc6)C(C)(C)C5CCC4(C)[C@]2(C)CC3)CC1. The Morgan fingerprint density at radius 2 is 1.51 bits per heavy atom. The van der Waals surface area contributed by atoms with Crippen molar-refractivity contribution >= 4 is 23.7 Å². The second-order valence-electron chi connectivity index (χ2n) is 20.0. The van der Waals surface area contributed by atoms with Crippen molar-refractivity contribution in [1.82, 2.24) is 16.0 Å². The number of ether oxygens (including phenoxy) is 1. The van der Waals surface area contributed by atoms with Crippen molar-refractivity contribution in [1.29, 1.82) is 0 Å². The summed E-state index contributed by atoms with van der Waals surface area (Å²) in [6.45, 7) is 18.8. The maximum atomic E-state index is 13.6. The molecule has 0 saturated heterocycles. The molecule has 1 aromatic carbocycles. The van der Waals surface area contributed by atoms with E-state index in [9.17, 15) is 19.5 Å². The van der Waals surface area contributed by atoms with Crippen LogP contribution in [-0.4, -0.2) is 46.4 Å². The first-order chi connectivity index (χ1) is 23.8. The van der Waals surface area contributed by atoms with Gasteiger partial charge in [-0.1, -0.05) is 59.2 Å². The van der Waals surface area contributed by atoms with Gasteiger partial charge in [-0.25, -0.2) is 14.4 Å². The standard InChI is InChI=1S/C43H63N3O5/c1-37(2,3)51-36(50)46-42(23-24-42)26-44-35(49)45-43-19-9-10-31(43)30-15-16-33-39(6)20-17-29(27-11-13-28(14-12-27)34(47)48)38(4,5)32(39)18-21-41(33,8)40(30,7)22-25-43/h11-14,17,30-33H,9-10,15-16,18-26H2,1-8H3,(H,46,50)(H,47,48)(H2,44,45,49)/t30?,31?,32?,33?,39?,40-,41?,43?/m1/s1. The zero-order chi connectivity index (χ0) is 36.8. The van der Waals surface area contributed by atoms with Crippen LogP contribution in [0.4, 0.5) is 9.59 Å². The number of alkyl carbamates (subject to hydrolysis) is 1. The highest BCUT2D eigenvalue weighted by atomic mass is 16.6. The Morgan fingerprint density at radius 1 is 0.804 bits per heavy atom. The molecule has 5 saturated carbocycles. The molecule has 4 N–H and O–H groups in total. The Morgan fingerprint density at radius 3 is 2.16 bits per heavy atom. The van der Waals surface area contributed by atoms with E-state index in [0.29, 0.717) is 35.8 Å². The van der Waals surface area contributed by atoms with Crippen molar-refractivity contribution in [3.05, 3.63) is 41.5 Å². The fourth-order valence-electron chi connectivity index (χ4n) is 13.2. The lowest BCUT2D eigenvalue weighted by molar-refractivity contribution is -0.216. The number of hydrogen-bond acceptors (Lipinski definition) is 4. The van der Waals surface area contributed by atoms with Crippen LogP contribution in [0.2, 0.25) is 0 Å². The lowest BCUT2D eigenvalue weighted by Crippen LogP contribution is -2.68. The molecule has 280 valence electrons. The van der Waals surface area contributed by atoms with E-state index in [0.717, 1.165) is 50.5 Å².